The van der Waals surface area contributed by atoms with E-state index in [1.54, 1.807) is 0 Å². The molecule has 0 saturated carbocycles. The van der Waals surface area contributed by atoms with Gasteiger partial charge in [0.1, 0.15) is 5.82 Å². The smallest absolute Gasteiger partial charge is 0.140 e. The summed E-state index contributed by atoms with van der Waals surface area (Å²) in [5, 5.41) is 0.690. The van der Waals surface area contributed by atoms with Gasteiger partial charge in [0.15, 0.2) is 0 Å². The summed E-state index contributed by atoms with van der Waals surface area (Å²) >= 11 is 9.70. The van der Waals surface area contributed by atoms with E-state index in [2.05, 4.69) is 51.9 Å². The number of hydrogen-bond acceptors (Lipinski definition) is 1. The summed E-state index contributed by atoms with van der Waals surface area (Å²) in [6.07, 6.45) is 0. The van der Waals surface area contributed by atoms with Gasteiger partial charge in [0.25, 0.3) is 0 Å². The van der Waals surface area contributed by atoms with E-state index in [1.165, 1.54) is 11.1 Å². The highest BCUT2D eigenvalue weighted by Crippen LogP contribution is 2.30. The summed E-state index contributed by atoms with van der Waals surface area (Å²) in [7, 11) is 0. The predicted molar refractivity (Wildman–Crippen MR) is 83.7 cm³/mol. The Morgan fingerprint density at radius 2 is 1.84 bits per heavy atom. The number of rotatable bonds is 1. The third kappa shape index (κ3) is 2.28. The molecular formula is C15H12BrClN2. The zero-order chi connectivity index (χ0) is 13.6. The van der Waals surface area contributed by atoms with Crippen LogP contribution in [0.4, 0.5) is 0 Å². The predicted octanol–water partition coefficient (Wildman–Crippen LogP) is 5.26. The second-order valence-corrected chi connectivity index (χ2v) is 5.99. The maximum absolute atomic E-state index is 6.24. The zero-order valence-electron chi connectivity index (χ0n) is 10.6. The number of imidazole rings is 1. The molecule has 0 aliphatic rings. The normalized spacial score (nSPS) is 11.2. The van der Waals surface area contributed by atoms with E-state index < -0.39 is 0 Å². The Kier molecular flexibility index (Phi) is 3.11. The van der Waals surface area contributed by atoms with Crippen LogP contribution in [-0.2, 0) is 0 Å². The van der Waals surface area contributed by atoms with Gasteiger partial charge in [-0.25, -0.2) is 4.98 Å². The van der Waals surface area contributed by atoms with Crippen molar-refractivity contribution in [3.05, 3.63) is 51.0 Å². The number of H-pyrrole nitrogens is 1. The number of aryl methyl sites for hydroxylation is 2. The van der Waals surface area contributed by atoms with Crippen LogP contribution < -0.4 is 0 Å². The summed E-state index contributed by atoms with van der Waals surface area (Å²) in [4.78, 5) is 7.96. The number of aromatic nitrogens is 2. The summed E-state index contributed by atoms with van der Waals surface area (Å²) in [5.41, 5.74) is 5.40. The van der Waals surface area contributed by atoms with Crippen LogP contribution in [0.2, 0.25) is 5.02 Å². The first kappa shape index (κ1) is 12.7. The third-order valence-electron chi connectivity index (χ3n) is 3.28. The highest BCUT2D eigenvalue weighted by Gasteiger charge is 2.10. The quantitative estimate of drug-likeness (QED) is 0.645. The van der Waals surface area contributed by atoms with Crippen LogP contribution >= 0.6 is 27.5 Å². The first-order chi connectivity index (χ1) is 9.04. The standard InChI is InChI=1S/C15H12BrClN2/c1-8-5-13-14(6-9(8)2)19-15(18-13)11-7-10(16)3-4-12(11)17/h3-7H,1-2H3,(H,18,19). The van der Waals surface area contributed by atoms with Gasteiger partial charge in [0.2, 0.25) is 0 Å². The van der Waals surface area contributed by atoms with Crippen molar-refractivity contribution in [3.63, 3.8) is 0 Å². The fourth-order valence-electron chi connectivity index (χ4n) is 2.08. The molecule has 0 radical (unpaired) electrons. The summed E-state index contributed by atoms with van der Waals surface area (Å²) in [6.45, 7) is 4.19. The van der Waals surface area contributed by atoms with Crippen molar-refractivity contribution in [2.24, 2.45) is 0 Å². The van der Waals surface area contributed by atoms with Gasteiger partial charge in [-0.05, 0) is 55.3 Å². The zero-order valence-corrected chi connectivity index (χ0v) is 12.9. The summed E-state index contributed by atoms with van der Waals surface area (Å²) < 4.78 is 0.986. The molecule has 0 unspecified atom stereocenters. The van der Waals surface area contributed by atoms with Crippen LogP contribution in [0.5, 0.6) is 0 Å². The number of halogens is 2. The molecule has 0 atom stereocenters. The van der Waals surface area contributed by atoms with Crippen LogP contribution in [0.15, 0.2) is 34.8 Å². The average Bonchev–Trinajstić information content (AvgIpc) is 2.75. The van der Waals surface area contributed by atoms with E-state index in [-0.39, 0.29) is 0 Å². The van der Waals surface area contributed by atoms with E-state index in [0.29, 0.717) is 5.02 Å². The maximum atomic E-state index is 6.24. The number of aromatic amines is 1. The van der Waals surface area contributed by atoms with Gasteiger partial charge in [-0.15, -0.1) is 0 Å². The minimum atomic E-state index is 0.690. The van der Waals surface area contributed by atoms with Gasteiger partial charge in [-0.2, -0.15) is 0 Å². The molecule has 2 nitrogen and oxygen atoms in total. The molecule has 19 heavy (non-hydrogen) atoms. The molecule has 3 aromatic rings. The first-order valence-electron chi connectivity index (χ1n) is 5.97. The van der Waals surface area contributed by atoms with E-state index in [0.717, 1.165) is 26.9 Å². The topological polar surface area (TPSA) is 28.7 Å². The molecule has 0 spiro atoms. The Bertz CT molecular complexity index is 738. The number of nitrogens with one attached hydrogen (secondary N) is 1. The molecule has 2 aromatic carbocycles. The molecule has 1 aromatic heterocycles. The fraction of sp³-hybridized carbons (Fsp3) is 0.133. The monoisotopic (exact) mass is 334 g/mol. The lowest BCUT2D eigenvalue weighted by molar-refractivity contribution is 1.33. The highest BCUT2D eigenvalue weighted by atomic mass is 79.9. The van der Waals surface area contributed by atoms with Gasteiger partial charge in [0, 0.05) is 10.0 Å². The maximum Gasteiger partial charge on any atom is 0.140 e. The van der Waals surface area contributed by atoms with E-state index in [1.807, 2.05) is 18.2 Å². The summed E-state index contributed by atoms with van der Waals surface area (Å²) in [5.74, 6) is 0.798. The Labute approximate surface area is 124 Å². The van der Waals surface area contributed by atoms with Crippen LogP contribution in [0, 0.1) is 13.8 Å². The number of nitrogens with zero attached hydrogens (tertiary/aromatic N) is 1. The van der Waals surface area contributed by atoms with E-state index in [9.17, 15) is 0 Å². The van der Waals surface area contributed by atoms with E-state index in [4.69, 9.17) is 11.6 Å². The number of benzene rings is 2. The molecule has 96 valence electrons. The molecule has 0 amide bonds. The molecule has 0 saturated heterocycles. The van der Waals surface area contributed by atoms with Crippen molar-refractivity contribution in [2.75, 3.05) is 0 Å². The second-order valence-electron chi connectivity index (χ2n) is 4.66. The lowest BCUT2D eigenvalue weighted by atomic mass is 10.1. The Morgan fingerprint density at radius 3 is 2.63 bits per heavy atom. The van der Waals surface area contributed by atoms with Crippen molar-refractivity contribution >= 4 is 38.6 Å². The second kappa shape index (κ2) is 4.66. The number of hydrogen-bond donors (Lipinski definition) is 1. The van der Waals surface area contributed by atoms with Gasteiger partial charge in [-0.3, -0.25) is 0 Å². The Hall–Kier alpha value is -1.32. The largest absolute Gasteiger partial charge is 0.338 e. The fourth-order valence-corrected chi connectivity index (χ4v) is 2.64. The highest BCUT2D eigenvalue weighted by molar-refractivity contribution is 9.10. The SMILES string of the molecule is Cc1cc2nc(-c3cc(Br)ccc3Cl)[nH]c2cc1C. The minimum absolute atomic E-state index is 0.690. The lowest BCUT2D eigenvalue weighted by Crippen LogP contribution is -1.82. The van der Waals surface area contributed by atoms with Crippen molar-refractivity contribution in [1.82, 2.24) is 9.97 Å². The van der Waals surface area contributed by atoms with Crippen molar-refractivity contribution in [3.8, 4) is 11.4 Å². The molecular weight excluding hydrogens is 324 g/mol. The molecule has 3 rings (SSSR count). The molecule has 4 heteroatoms. The first-order valence-corrected chi connectivity index (χ1v) is 7.14. The minimum Gasteiger partial charge on any atom is -0.338 e. The molecule has 0 aliphatic heterocycles. The van der Waals surface area contributed by atoms with Crippen molar-refractivity contribution < 1.29 is 0 Å². The molecule has 1 heterocycles. The van der Waals surface area contributed by atoms with Crippen LogP contribution in [0.1, 0.15) is 11.1 Å². The van der Waals surface area contributed by atoms with Gasteiger partial charge in [-0.1, -0.05) is 27.5 Å². The Morgan fingerprint density at radius 1 is 1.11 bits per heavy atom. The number of fused-ring (bicyclic) bond motifs is 1. The van der Waals surface area contributed by atoms with Gasteiger partial charge < -0.3 is 4.98 Å². The molecule has 0 bridgehead atoms. The third-order valence-corrected chi connectivity index (χ3v) is 4.10. The Balaban J connectivity index is 2.23. The van der Waals surface area contributed by atoms with Gasteiger partial charge in [0.05, 0.1) is 16.1 Å². The molecule has 0 aliphatic carbocycles. The van der Waals surface area contributed by atoms with Crippen LogP contribution in [0.3, 0.4) is 0 Å². The van der Waals surface area contributed by atoms with E-state index >= 15 is 0 Å². The average molecular weight is 336 g/mol. The summed E-state index contributed by atoms with van der Waals surface area (Å²) in [6, 6.07) is 9.97. The van der Waals surface area contributed by atoms with Crippen LogP contribution in [0.25, 0.3) is 22.4 Å². The van der Waals surface area contributed by atoms with Crippen molar-refractivity contribution in [1.29, 1.82) is 0 Å². The lowest BCUT2D eigenvalue weighted by Gasteiger charge is -2.00. The van der Waals surface area contributed by atoms with Crippen LogP contribution in [-0.4, -0.2) is 9.97 Å². The molecule has 0 fully saturated rings. The van der Waals surface area contributed by atoms with Gasteiger partial charge >= 0.3 is 0 Å². The van der Waals surface area contributed by atoms with Crippen molar-refractivity contribution in [2.45, 2.75) is 13.8 Å². The molecule has 1 N–H and O–H groups in total.